The number of halogens is 1. The smallest absolute Gasteiger partial charge is 0.246 e. The number of amides is 1. The van der Waals surface area contributed by atoms with Crippen molar-refractivity contribution >= 4 is 17.2 Å². The van der Waals surface area contributed by atoms with Crippen LogP contribution in [0.1, 0.15) is 24.8 Å². The first kappa shape index (κ1) is 17.3. The van der Waals surface area contributed by atoms with Gasteiger partial charge in [-0.1, -0.05) is 29.4 Å². The average molecular weight is 359 g/mol. The highest BCUT2D eigenvalue weighted by Gasteiger charge is 2.17. The lowest BCUT2D eigenvalue weighted by molar-refractivity contribution is -0.131. The van der Waals surface area contributed by atoms with Gasteiger partial charge in [0.25, 0.3) is 0 Å². The normalized spacial score (nSPS) is 10.8. The lowest BCUT2D eigenvalue weighted by Crippen LogP contribution is -2.30. The number of aryl methyl sites for hydroxylation is 1. The molecule has 1 amide bonds. The molecule has 0 spiro atoms. The summed E-state index contributed by atoms with van der Waals surface area (Å²) in [7, 11) is 0. The van der Waals surface area contributed by atoms with Crippen LogP contribution in [0.25, 0.3) is 10.7 Å². The molecule has 0 bridgehead atoms. The summed E-state index contributed by atoms with van der Waals surface area (Å²) >= 11 is 1.53. The minimum atomic E-state index is -0.282. The molecule has 0 radical (unpaired) electrons. The number of carbonyl (C=O) groups is 1. The maximum Gasteiger partial charge on any atom is 0.246 e. The van der Waals surface area contributed by atoms with Crippen LogP contribution in [0, 0.1) is 5.82 Å². The SMILES string of the molecule is CCN(Cc1nc(-c2cccs2)no1)C(=O)CCc1ccccc1F. The predicted molar refractivity (Wildman–Crippen MR) is 93.4 cm³/mol. The molecule has 0 saturated heterocycles. The van der Waals surface area contributed by atoms with Crippen LogP contribution in [0.15, 0.2) is 46.3 Å². The number of benzene rings is 1. The van der Waals surface area contributed by atoms with Crippen LogP contribution in [0.2, 0.25) is 0 Å². The molecule has 2 aromatic heterocycles. The summed E-state index contributed by atoms with van der Waals surface area (Å²) in [4.78, 5) is 19.3. The van der Waals surface area contributed by atoms with Gasteiger partial charge in [0.2, 0.25) is 17.6 Å². The first-order chi connectivity index (χ1) is 12.2. The summed E-state index contributed by atoms with van der Waals surface area (Å²) in [5.74, 6) is 0.571. The molecule has 0 aliphatic heterocycles. The van der Waals surface area contributed by atoms with Gasteiger partial charge in [-0.25, -0.2) is 4.39 Å². The van der Waals surface area contributed by atoms with Gasteiger partial charge in [0.1, 0.15) is 5.82 Å². The van der Waals surface area contributed by atoms with E-state index in [0.717, 1.165) is 4.88 Å². The fraction of sp³-hybridized carbons (Fsp3) is 0.278. The molecule has 1 aromatic carbocycles. The Bertz CT molecular complexity index is 832. The van der Waals surface area contributed by atoms with Crippen molar-refractivity contribution in [3.05, 3.63) is 59.0 Å². The minimum Gasteiger partial charge on any atom is -0.337 e. The Morgan fingerprint density at radius 1 is 1.28 bits per heavy atom. The quantitative estimate of drug-likeness (QED) is 0.641. The minimum absolute atomic E-state index is 0.0679. The molecule has 3 aromatic rings. The molecule has 5 nitrogen and oxygen atoms in total. The van der Waals surface area contributed by atoms with Crippen LogP contribution in [0.3, 0.4) is 0 Å². The number of rotatable bonds is 7. The molecule has 2 heterocycles. The Balaban J connectivity index is 1.60. The number of hydrogen-bond acceptors (Lipinski definition) is 5. The second-order valence-electron chi connectivity index (χ2n) is 5.49. The Labute approximate surface area is 149 Å². The molecule has 0 aliphatic carbocycles. The van der Waals surface area contributed by atoms with E-state index in [1.807, 2.05) is 24.4 Å². The Morgan fingerprint density at radius 2 is 2.12 bits per heavy atom. The van der Waals surface area contributed by atoms with Gasteiger partial charge < -0.3 is 9.42 Å². The Morgan fingerprint density at radius 3 is 2.84 bits per heavy atom. The van der Waals surface area contributed by atoms with E-state index in [-0.39, 0.29) is 24.7 Å². The van der Waals surface area contributed by atoms with Gasteiger partial charge in [-0.3, -0.25) is 4.79 Å². The first-order valence-corrected chi connectivity index (χ1v) is 8.93. The topological polar surface area (TPSA) is 59.2 Å². The molecule has 3 rings (SSSR count). The van der Waals surface area contributed by atoms with E-state index >= 15 is 0 Å². The molecular weight excluding hydrogens is 341 g/mol. The highest BCUT2D eigenvalue weighted by molar-refractivity contribution is 7.13. The summed E-state index contributed by atoms with van der Waals surface area (Å²) < 4.78 is 18.9. The lowest BCUT2D eigenvalue weighted by atomic mass is 10.1. The molecular formula is C18H18FN3O2S. The zero-order valence-corrected chi connectivity index (χ0v) is 14.6. The summed E-state index contributed by atoms with van der Waals surface area (Å²) in [6.07, 6.45) is 0.604. The van der Waals surface area contributed by atoms with Crippen LogP contribution in [-0.4, -0.2) is 27.5 Å². The van der Waals surface area contributed by atoms with E-state index in [9.17, 15) is 9.18 Å². The molecule has 0 saturated carbocycles. The van der Waals surface area contributed by atoms with Crippen molar-refractivity contribution in [3.8, 4) is 10.7 Å². The number of thiophene rings is 1. The van der Waals surface area contributed by atoms with Crippen LogP contribution in [0.5, 0.6) is 0 Å². The maximum atomic E-state index is 13.6. The fourth-order valence-corrected chi connectivity index (χ4v) is 3.11. The van der Waals surface area contributed by atoms with Crippen molar-refractivity contribution in [2.24, 2.45) is 0 Å². The van der Waals surface area contributed by atoms with Crippen molar-refractivity contribution in [1.29, 1.82) is 0 Å². The molecule has 25 heavy (non-hydrogen) atoms. The van der Waals surface area contributed by atoms with Gasteiger partial charge in [-0.15, -0.1) is 11.3 Å². The van der Waals surface area contributed by atoms with E-state index in [4.69, 9.17) is 4.52 Å². The zero-order chi connectivity index (χ0) is 17.6. The molecule has 0 atom stereocenters. The van der Waals surface area contributed by atoms with Crippen molar-refractivity contribution < 1.29 is 13.7 Å². The third-order valence-electron chi connectivity index (χ3n) is 3.84. The predicted octanol–water partition coefficient (Wildman–Crippen LogP) is 3.92. The van der Waals surface area contributed by atoms with Gasteiger partial charge in [0, 0.05) is 13.0 Å². The largest absolute Gasteiger partial charge is 0.337 e. The first-order valence-electron chi connectivity index (χ1n) is 8.05. The van der Waals surface area contributed by atoms with E-state index < -0.39 is 0 Å². The molecule has 0 unspecified atom stereocenters. The van der Waals surface area contributed by atoms with Crippen LogP contribution < -0.4 is 0 Å². The fourth-order valence-electron chi connectivity index (χ4n) is 2.47. The molecule has 7 heteroatoms. The van der Waals surface area contributed by atoms with E-state index in [2.05, 4.69) is 10.1 Å². The van der Waals surface area contributed by atoms with E-state index in [0.29, 0.717) is 30.2 Å². The highest BCUT2D eigenvalue weighted by atomic mass is 32.1. The standard InChI is InChI=1S/C18H18FN3O2S/c1-2-22(17(23)10-9-13-6-3-4-7-14(13)19)12-16-20-18(21-24-16)15-8-5-11-25-15/h3-8,11H,2,9-10,12H2,1H3. The Hall–Kier alpha value is -2.54. The van der Waals surface area contributed by atoms with Gasteiger partial charge in [-0.2, -0.15) is 4.98 Å². The summed E-state index contributed by atoms with van der Waals surface area (Å²) in [5, 5.41) is 5.89. The highest BCUT2D eigenvalue weighted by Crippen LogP contribution is 2.21. The van der Waals surface area contributed by atoms with Gasteiger partial charge >= 0.3 is 0 Å². The number of hydrogen-bond donors (Lipinski definition) is 0. The van der Waals surface area contributed by atoms with Crippen molar-refractivity contribution in [3.63, 3.8) is 0 Å². The van der Waals surface area contributed by atoms with Crippen LogP contribution in [-0.2, 0) is 17.8 Å². The lowest BCUT2D eigenvalue weighted by Gasteiger charge is -2.18. The molecule has 0 fully saturated rings. The summed E-state index contributed by atoms with van der Waals surface area (Å²) in [6.45, 7) is 2.66. The second-order valence-corrected chi connectivity index (χ2v) is 6.44. The zero-order valence-electron chi connectivity index (χ0n) is 13.8. The monoisotopic (exact) mass is 359 g/mol. The Kier molecular flexibility index (Phi) is 5.55. The van der Waals surface area contributed by atoms with Gasteiger partial charge in [0.05, 0.1) is 11.4 Å². The molecule has 130 valence electrons. The third-order valence-corrected chi connectivity index (χ3v) is 4.70. The van der Waals surface area contributed by atoms with Crippen molar-refractivity contribution in [2.45, 2.75) is 26.3 Å². The second kappa shape index (κ2) is 8.02. The number of nitrogens with zero attached hydrogens (tertiary/aromatic N) is 3. The van der Waals surface area contributed by atoms with E-state index in [1.54, 1.807) is 23.1 Å². The summed E-state index contributed by atoms with van der Waals surface area (Å²) in [6, 6.07) is 10.3. The van der Waals surface area contributed by atoms with Crippen LogP contribution in [0.4, 0.5) is 4.39 Å². The van der Waals surface area contributed by atoms with E-state index in [1.165, 1.54) is 17.4 Å². The van der Waals surface area contributed by atoms with Crippen LogP contribution >= 0.6 is 11.3 Å². The number of carbonyl (C=O) groups excluding carboxylic acids is 1. The van der Waals surface area contributed by atoms with Crippen molar-refractivity contribution in [1.82, 2.24) is 15.0 Å². The van der Waals surface area contributed by atoms with Gasteiger partial charge in [0.15, 0.2) is 0 Å². The van der Waals surface area contributed by atoms with Crippen molar-refractivity contribution in [2.75, 3.05) is 6.54 Å². The third kappa shape index (κ3) is 4.30. The molecule has 0 aliphatic rings. The molecule has 0 N–H and O–H groups in total. The van der Waals surface area contributed by atoms with Gasteiger partial charge in [-0.05, 0) is 36.4 Å². The number of aromatic nitrogens is 2. The maximum absolute atomic E-state index is 13.6. The average Bonchev–Trinajstić information content (AvgIpc) is 3.30. The summed E-state index contributed by atoms with van der Waals surface area (Å²) in [5.41, 5.74) is 0.546.